The van der Waals surface area contributed by atoms with Gasteiger partial charge in [-0.2, -0.15) is 26.3 Å². The quantitative estimate of drug-likeness (QED) is 0.650. The van der Waals surface area contributed by atoms with Gasteiger partial charge in [0.2, 0.25) is 0 Å². The topological polar surface area (TPSA) is 46.2 Å². The lowest BCUT2D eigenvalue weighted by atomic mass is 10.1. The summed E-state index contributed by atoms with van der Waals surface area (Å²) in [5, 5.41) is 0. The van der Waals surface area contributed by atoms with E-state index in [9.17, 15) is 34.8 Å². The molecule has 0 spiro atoms. The Hall–Kier alpha value is -1.75. The van der Waals surface area contributed by atoms with E-state index in [1.807, 2.05) is 4.72 Å². The van der Waals surface area contributed by atoms with Crippen molar-refractivity contribution in [3.63, 3.8) is 0 Å². The van der Waals surface area contributed by atoms with Crippen molar-refractivity contribution in [1.29, 1.82) is 0 Å². The molecule has 0 bridgehead atoms. The summed E-state index contributed by atoms with van der Waals surface area (Å²) in [7, 11) is -4.67. The molecule has 0 atom stereocenters. The smallest absolute Gasteiger partial charge is 0.280 e. The molecular formula is C14H8BrF6NO2S. The van der Waals surface area contributed by atoms with Gasteiger partial charge >= 0.3 is 12.4 Å². The summed E-state index contributed by atoms with van der Waals surface area (Å²) < 4.78 is 104. The molecule has 2 aromatic carbocycles. The van der Waals surface area contributed by atoms with Crippen molar-refractivity contribution in [2.24, 2.45) is 0 Å². The van der Waals surface area contributed by atoms with E-state index in [0.717, 1.165) is 0 Å². The van der Waals surface area contributed by atoms with E-state index in [1.54, 1.807) is 6.07 Å². The van der Waals surface area contributed by atoms with Crippen LogP contribution in [0.4, 0.5) is 32.0 Å². The van der Waals surface area contributed by atoms with Crippen LogP contribution in [0.25, 0.3) is 0 Å². The average molecular weight is 448 g/mol. The predicted molar refractivity (Wildman–Crippen MR) is 81.4 cm³/mol. The fourth-order valence-corrected chi connectivity index (χ4v) is 3.37. The second kappa shape index (κ2) is 6.52. The Bertz CT molecular complexity index is 861. The second-order valence-electron chi connectivity index (χ2n) is 4.86. The van der Waals surface area contributed by atoms with Crippen LogP contribution < -0.4 is 4.72 Å². The molecule has 0 heterocycles. The minimum atomic E-state index is -5.14. The van der Waals surface area contributed by atoms with Crippen LogP contribution in [-0.2, 0) is 22.4 Å². The molecule has 0 aromatic heterocycles. The van der Waals surface area contributed by atoms with Gasteiger partial charge in [0.1, 0.15) is 0 Å². The lowest BCUT2D eigenvalue weighted by Crippen LogP contribution is -2.17. The largest absolute Gasteiger partial charge is 0.416 e. The number of alkyl halides is 6. The fourth-order valence-electron chi connectivity index (χ4n) is 1.85. The Morgan fingerprint density at radius 2 is 1.36 bits per heavy atom. The third-order valence-electron chi connectivity index (χ3n) is 2.95. The Morgan fingerprint density at radius 3 is 1.80 bits per heavy atom. The third-order valence-corrected chi connectivity index (χ3v) is 4.80. The summed E-state index contributed by atoms with van der Waals surface area (Å²) >= 11 is 3.07. The maximum Gasteiger partial charge on any atom is 0.416 e. The number of halogens is 7. The second-order valence-corrected chi connectivity index (χ2v) is 7.46. The Labute approximate surface area is 146 Å². The van der Waals surface area contributed by atoms with Gasteiger partial charge in [-0.25, -0.2) is 8.42 Å². The van der Waals surface area contributed by atoms with E-state index in [-0.39, 0.29) is 23.9 Å². The predicted octanol–water partition coefficient (Wildman–Crippen LogP) is 5.29. The summed E-state index contributed by atoms with van der Waals surface area (Å²) in [6.45, 7) is 0. The van der Waals surface area contributed by atoms with Gasteiger partial charge in [0.05, 0.1) is 16.0 Å². The molecule has 0 saturated carbocycles. The summed E-state index contributed by atoms with van der Waals surface area (Å²) in [6.07, 6.45) is -10.3. The van der Waals surface area contributed by atoms with Gasteiger partial charge in [-0.15, -0.1) is 0 Å². The molecule has 2 rings (SSSR count). The van der Waals surface area contributed by atoms with Crippen molar-refractivity contribution in [1.82, 2.24) is 0 Å². The number of rotatable bonds is 3. The van der Waals surface area contributed by atoms with Crippen molar-refractivity contribution >= 4 is 31.6 Å². The highest BCUT2D eigenvalue weighted by molar-refractivity contribution is 9.10. The zero-order valence-corrected chi connectivity index (χ0v) is 14.3. The summed E-state index contributed by atoms with van der Waals surface area (Å²) in [5.41, 5.74) is -3.45. The Balaban J connectivity index is 2.56. The highest BCUT2D eigenvalue weighted by atomic mass is 79.9. The van der Waals surface area contributed by atoms with Crippen LogP contribution in [0.2, 0.25) is 0 Å². The molecule has 0 aliphatic carbocycles. The molecule has 0 fully saturated rings. The van der Waals surface area contributed by atoms with Crippen molar-refractivity contribution < 1.29 is 34.8 Å². The fraction of sp³-hybridized carbons (Fsp3) is 0.143. The van der Waals surface area contributed by atoms with Gasteiger partial charge in [-0.3, -0.25) is 4.72 Å². The molecule has 1 N–H and O–H groups in total. The van der Waals surface area contributed by atoms with Crippen LogP contribution in [0.5, 0.6) is 0 Å². The maximum absolute atomic E-state index is 12.8. The molecule has 0 aliphatic rings. The van der Waals surface area contributed by atoms with Gasteiger partial charge in [0.15, 0.2) is 0 Å². The lowest BCUT2D eigenvalue weighted by molar-refractivity contribution is -0.143. The average Bonchev–Trinajstić information content (AvgIpc) is 2.44. The first-order valence-electron chi connectivity index (χ1n) is 6.37. The van der Waals surface area contributed by atoms with E-state index in [1.165, 1.54) is 18.2 Å². The van der Waals surface area contributed by atoms with E-state index >= 15 is 0 Å². The van der Waals surface area contributed by atoms with Gasteiger partial charge in [0.25, 0.3) is 10.0 Å². The maximum atomic E-state index is 12.8. The van der Waals surface area contributed by atoms with Gasteiger partial charge in [-0.1, -0.05) is 22.0 Å². The molecular weight excluding hydrogens is 440 g/mol. The molecule has 0 aliphatic heterocycles. The standard InChI is InChI=1S/C14H8BrF6NO2S/c15-10-2-1-3-11(7-10)22-25(23,24)12-5-8(13(16,17)18)4-9(6-12)14(19,20)21/h1-7,22H. The van der Waals surface area contributed by atoms with Crippen LogP contribution in [0.1, 0.15) is 11.1 Å². The van der Waals surface area contributed by atoms with E-state index in [4.69, 9.17) is 0 Å². The molecule has 0 unspecified atom stereocenters. The van der Waals surface area contributed by atoms with Gasteiger partial charge < -0.3 is 0 Å². The summed E-state index contributed by atoms with van der Waals surface area (Å²) in [4.78, 5) is -1.14. The molecule has 136 valence electrons. The molecule has 0 saturated heterocycles. The first-order chi connectivity index (χ1) is 11.3. The number of hydrogen-bond acceptors (Lipinski definition) is 2. The SMILES string of the molecule is O=S(=O)(Nc1cccc(Br)c1)c1cc(C(F)(F)F)cc(C(F)(F)F)c1. The number of nitrogens with one attached hydrogen (secondary N) is 1. The summed E-state index contributed by atoms with van der Waals surface area (Å²) in [6, 6.07) is 5.75. The number of hydrogen-bond donors (Lipinski definition) is 1. The van der Waals surface area contributed by atoms with Crippen LogP contribution in [-0.4, -0.2) is 8.42 Å². The third kappa shape index (κ3) is 4.88. The van der Waals surface area contributed by atoms with Crippen molar-refractivity contribution in [3.8, 4) is 0 Å². The molecule has 11 heteroatoms. The van der Waals surface area contributed by atoms with E-state index in [0.29, 0.717) is 4.47 Å². The number of anilines is 1. The van der Waals surface area contributed by atoms with Crippen molar-refractivity contribution in [2.75, 3.05) is 4.72 Å². The van der Waals surface area contributed by atoms with Crippen LogP contribution in [0, 0.1) is 0 Å². The van der Waals surface area contributed by atoms with E-state index < -0.39 is 38.4 Å². The molecule has 3 nitrogen and oxygen atoms in total. The number of sulfonamides is 1. The first kappa shape index (κ1) is 19.6. The molecule has 2 aromatic rings. The van der Waals surface area contributed by atoms with Crippen molar-refractivity contribution in [2.45, 2.75) is 17.2 Å². The van der Waals surface area contributed by atoms with E-state index in [2.05, 4.69) is 15.9 Å². The minimum Gasteiger partial charge on any atom is -0.280 e. The van der Waals surface area contributed by atoms with Crippen molar-refractivity contribution in [3.05, 3.63) is 58.1 Å². The summed E-state index contributed by atoms with van der Waals surface area (Å²) in [5.74, 6) is 0. The van der Waals surface area contributed by atoms with Crippen LogP contribution >= 0.6 is 15.9 Å². The Kier molecular flexibility index (Phi) is 5.11. The molecule has 25 heavy (non-hydrogen) atoms. The molecule has 0 amide bonds. The number of benzene rings is 2. The normalized spacial score (nSPS) is 12.9. The lowest BCUT2D eigenvalue weighted by Gasteiger charge is -2.15. The van der Waals surface area contributed by atoms with Crippen LogP contribution in [0.15, 0.2) is 51.8 Å². The molecule has 0 radical (unpaired) electrons. The highest BCUT2D eigenvalue weighted by Gasteiger charge is 2.38. The zero-order valence-electron chi connectivity index (χ0n) is 11.9. The van der Waals surface area contributed by atoms with Gasteiger partial charge in [0, 0.05) is 10.2 Å². The first-order valence-corrected chi connectivity index (χ1v) is 8.64. The Morgan fingerprint density at radius 1 is 0.840 bits per heavy atom. The monoisotopic (exact) mass is 447 g/mol. The zero-order chi connectivity index (χ0) is 19.0. The highest BCUT2D eigenvalue weighted by Crippen LogP contribution is 2.37. The van der Waals surface area contributed by atoms with Gasteiger partial charge in [-0.05, 0) is 36.4 Å². The van der Waals surface area contributed by atoms with Crippen LogP contribution in [0.3, 0.4) is 0 Å². The minimum absolute atomic E-state index is 0.0275.